The first-order chi connectivity index (χ1) is 9.76. The summed E-state index contributed by atoms with van der Waals surface area (Å²) < 4.78 is 0. The zero-order valence-corrected chi connectivity index (χ0v) is 12.1. The number of carbonyl (C=O) groups is 1. The number of hydrogen-bond donors (Lipinski definition) is 2. The van der Waals surface area contributed by atoms with Crippen LogP contribution in [0, 0.1) is 5.92 Å². The first-order valence-electron chi connectivity index (χ1n) is 7.53. The molecule has 1 aromatic rings. The van der Waals surface area contributed by atoms with Gasteiger partial charge < -0.3 is 15.5 Å². The van der Waals surface area contributed by atoms with Gasteiger partial charge in [-0.05, 0) is 49.5 Å². The van der Waals surface area contributed by atoms with E-state index in [2.05, 4.69) is 15.5 Å². The zero-order chi connectivity index (χ0) is 13.9. The Hall–Kier alpha value is -1.39. The van der Waals surface area contributed by atoms with E-state index in [1.807, 2.05) is 24.3 Å². The predicted molar refractivity (Wildman–Crippen MR) is 79.6 cm³/mol. The summed E-state index contributed by atoms with van der Waals surface area (Å²) in [4.78, 5) is 14.1. The summed E-state index contributed by atoms with van der Waals surface area (Å²) in [5, 5.41) is 6.34. The van der Waals surface area contributed by atoms with Crippen LogP contribution in [0.2, 0.25) is 0 Å². The molecule has 3 atom stereocenters. The Bertz CT molecular complexity index is 471. The van der Waals surface area contributed by atoms with Gasteiger partial charge in [-0.15, -0.1) is 0 Å². The van der Waals surface area contributed by atoms with Crippen LogP contribution in [0.5, 0.6) is 0 Å². The van der Waals surface area contributed by atoms with Crippen molar-refractivity contribution in [3.8, 4) is 0 Å². The lowest BCUT2D eigenvalue weighted by molar-refractivity contribution is 0.0963. The molecule has 1 amide bonds. The summed E-state index contributed by atoms with van der Waals surface area (Å²) in [6.07, 6.45) is 2.61. The van der Waals surface area contributed by atoms with Crippen LogP contribution in [0.3, 0.4) is 0 Å². The lowest BCUT2D eigenvalue weighted by Gasteiger charge is -2.31. The third kappa shape index (κ3) is 2.86. The number of piperidine rings is 1. The Morgan fingerprint density at radius 2 is 2.00 bits per heavy atom. The van der Waals surface area contributed by atoms with Crippen molar-refractivity contribution in [2.75, 3.05) is 26.7 Å². The highest BCUT2D eigenvalue weighted by Crippen LogP contribution is 2.27. The van der Waals surface area contributed by atoms with Gasteiger partial charge in [0.05, 0.1) is 0 Å². The minimum absolute atomic E-state index is 0.0252. The molecule has 4 heteroatoms. The van der Waals surface area contributed by atoms with Gasteiger partial charge in [0.1, 0.15) is 0 Å². The van der Waals surface area contributed by atoms with Crippen molar-refractivity contribution >= 4 is 5.91 Å². The smallest absolute Gasteiger partial charge is 0.251 e. The van der Waals surface area contributed by atoms with Gasteiger partial charge in [0.25, 0.3) is 5.91 Å². The average molecular weight is 273 g/mol. The number of fused-ring (bicyclic) bond motifs is 2. The molecule has 2 aliphatic heterocycles. The maximum absolute atomic E-state index is 11.5. The van der Waals surface area contributed by atoms with E-state index in [4.69, 9.17) is 0 Å². The molecule has 0 spiro atoms. The molecule has 0 saturated carbocycles. The molecule has 20 heavy (non-hydrogen) atoms. The number of benzene rings is 1. The normalized spacial score (nSPS) is 28.4. The highest BCUT2D eigenvalue weighted by molar-refractivity contribution is 5.93. The molecule has 0 radical (unpaired) electrons. The SMILES string of the molecule is CNC(=O)c1ccc(CNC2CCN3CCC2C3)cc1. The molecule has 4 nitrogen and oxygen atoms in total. The molecule has 2 heterocycles. The van der Waals surface area contributed by atoms with E-state index in [1.54, 1.807) is 7.05 Å². The van der Waals surface area contributed by atoms with E-state index in [9.17, 15) is 4.79 Å². The highest BCUT2D eigenvalue weighted by atomic mass is 16.1. The highest BCUT2D eigenvalue weighted by Gasteiger charge is 2.33. The molecular weight excluding hydrogens is 250 g/mol. The fourth-order valence-electron chi connectivity index (χ4n) is 3.39. The first-order valence-corrected chi connectivity index (χ1v) is 7.53. The van der Waals surface area contributed by atoms with E-state index in [0.717, 1.165) is 18.0 Å². The number of rotatable bonds is 4. The van der Waals surface area contributed by atoms with E-state index < -0.39 is 0 Å². The molecule has 1 aromatic carbocycles. The molecule has 2 saturated heterocycles. The summed E-state index contributed by atoms with van der Waals surface area (Å²) in [5.74, 6) is 0.803. The lowest BCUT2D eigenvalue weighted by Crippen LogP contribution is -2.43. The van der Waals surface area contributed by atoms with Crippen LogP contribution in [0.15, 0.2) is 24.3 Å². The number of amides is 1. The molecule has 108 valence electrons. The molecule has 2 bridgehead atoms. The van der Waals surface area contributed by atoms with Crippen molar-refractivity contribution < 1.29 is 4.79 Å². The van der Waals surface area contributed by atoms with Crippen molar-refractivity contribution in [1.29, 1.82) is 0 Å². The maximum Gasteiger partial charge on any atom is 0.251 e. The van der Waals surface area contributed by atoms with Crippen LogP contribution in [0.4, 0.5) is 0 Å². The Labute approximate surface area is 120 Å². The Balaban J connectivity index is 1.54. The van der Waals surface area contributed by atoms with Crippen molar-refractivity contribution in [3.63, 3.8) is 0 Å². The van der Waals surface area contributed by atoms with Gasteiger partial charge in [-0.1, -0.05) is 12.1 Å². The third-order valence-corrected chi connectivity index (χ3v) is 4.65. The molecule has 2 N–H and O–H groups in total. The predicted octanol–water partition coefficient (Wildman–Crippen LogP) is 1.23. The Kier molecular flexibility index (Phi) is 4.03. The van der Waals surface area contributed by atoms with Gasteiger partial charge in [0.2, 0.25) is 0 Å². The molecule has 2 fully saturated rings. The zero-order valence-electron chi connectivity index (χ0n) is 12.1. The van der Waals surface area contributed by atoms with E-state index >= 15 is 0 Å². The summed E-state index contributed by atoms with van der Waals surface area (Å²) in [7, 11) is 1.66. The first kappa shape index (κ1) is 13.6. The van der Waals surface area contributed by atoms with Crippen molar-refractivity contribution in [2.45, 2.75) is 25.4 Å². The lowest BCUT2D eigenvalue weighted by atomic mass is 9.94. The van der Waals surface area contributed by atoms with Gasteiger partial charge in [-0.3, -0.25) is 4.79 Å². The standard InChI is InChI=1S/C16H23N3O/c1-17-16(20)13-4-2-12(3-5-13)10-18-15-7-9-19-8-6-14(15)11-19/h2-5,14-15,18H,6-11H2,1H3,(H,17,20). The quantitative estimate of drug-likeness (QED) is 0.867. The number of nitrogens with zero attached hydrogens (tertiary/aromatic N) is 1. The van der Waals surface area contributed by atoms with Crippen LogP contribution in [-0.4, -0.2) is 43.5 Å². The number of carbonyl (C=O) groups excluding carboxylic acids is 1. The van der Waals surface area contributed by atoms with Crippen LogP contribution in [0.25, 0.3) is 0 Å². The summed E-state index contributed by atoms with van der Waals surface area (Å²) in [6.45, 7) is 4.69. The third-order valence-electron chi connectivity index (χ3n) is 4.65. The van der Waals surface area contributed by atoms with Gasteiger partial charge in [-0.25, -0.2) is 0 Å². The second-order valence-electron chi connectivity index (χ2n) is 5.90. The topological polar surface area (TPSA) is 44.4 Å². The number of hydrogen-bond acceptors (Lipinski definition) is 3. The second kappa shape index (κ2) is 5.94. The van der Waals surface area contributed by atoms with E-state index in [1.165, 1.54) is 38.0 Å². The van der Waals surface area contributed by atoms with Gasteiger partial charge in [0.15, 0.2) is 0 Å². The van der Waals surface area contributed by atoms with Gasteiger partial charge >= 0.3 is 0 Å². The second-order valence-corrected chi connectivity index (χ2v) is 5.90. The largest absolute Gasteiger partial charge is 0.355 e. The van der Waals surface area contributed by atoms with Crippen LogP contribution in [-0.2, 0) is 6.54 Å². The fourth-order valence-corrected chi connectivity index (χ4v) is 3.39. The molecule has 2 aliphatic rings. The summed E-state index contributed by atoms with van der Waals surface area (Å²) >= 11 is 0. The van der Waals surface area contributed by atoms with Crippen molar-refractivity contribution in [2.24, 2.45) is 5.92 Å². The number of nitrogens with one attached hydrogen (secondary N) is 2. The minimum Gasteiger partial charge on any atom is -0.355 e. The summed E-state index contributed by atoms with van der Waals surface area (Å²) in [6, 6.07) is 8.54. The van der Waals surface area contributed by atoms with Crippen LogP contribution >= 0.6 is 0 Å². The van der Waals surface area contributed by atoms with E-state index in [0.29, 0.717) is 6.04 Å². The monoisotopic (exact) mass is 273 g/mol. The van der Waals surface area contributed by atoms with Crippen LogP contribution < -0.4 is 10.6 Å². The molecular formula is C16H23N3O. The van der Waals surface area contributed by atoms with Crippen molar-refractivity contribution in [1.82, 2.24) is 15.5 Å². The molecule has 0 aliphatic carbocycles. The Morgan fingerprint density at radius 3 is 2.75 bits per heavy atom. The fraction of sp³-hybridized carbons (Fsp3) is 0.562. The van der Waals surface area contributed by atoms with Crippen LogP contribution in [0.1, 0.15) is 28.8 Å². The molecule has 3 rings (SSSR count). The van der Waals surface area contributed by atoms with Gasteiger partial charge in [0, 0.05) is 31.7 Å². The van der Waals surface area contributed by atoms with Crippen molar-refractivity contribution in [3.05, 3.63) is 35.4 Å². The van der Waals surface area contributed by atoms with Gasteiger partial charge in [-0.2, -0.15) is 0 Å². The minimum atomic E-state index is -0.0252. The Morgan fingerprint density at radius 1 is 1.25 bits per heavy atom. The molecule has 0 aromatic heterocycles. The molecule has 3 unspecified atom stereocenters. The average Bonchev–Trinajstić information content (AvgIpc) is 2.88. The maximum atomic E-state index is 11.5. The van der Waals surface area contributed by atoms with E-state index in [-0.39, 0.29) is 5.91 Å². The summed E-state index contributed by atoms with van der Waals surface area (Å²) in [5.41, 5.74) is 1.97.